The van der Waals surface area contributed by atoms with Crippen LogP contribution in [-0.2, 0) is 12.8 Å². The molecule has 2 aliphatic rings. The Bertz CT molecular complexity index is 703. The third-order valence-electron chi connectivity index (χ3n) is 4.81. The van der Waals surface area contributed by atoms with E-state index in [1.54, 1.807) is 0 Å². The minimum Gasteiger partial charge on any atom is -0.478 e. The van der Waals surface area contributed by atoms with Crippen LogP contribution < -0.4 is 4.74 Å². The van der Waals surface area contributed by atoms with Crippen LogP contribution in [0.3, 0.4) is 0 Å². The van der Waals surface area contributed by atoms with E-state index in [4.69, 9.17) is 4.74 Å². The number of carbonyl (C=O) groups excluding carboxylic acids is 1. The van der Waals surface area contributed by atoms with Gasteiger partial charge in [-0.25, -0.2) is 0 Å². The van der Waals surface area contributed by atoms with Crippen molar-refractivity contribution >= 4 is 5.78 Å². The molecule has 2 aromatic carbocycles. The van der Waals surface area contributed by atoms with Crippen LogP contribution in [0, 0.1) is 6.92 Å². The lowest BCUT2D eigenvalue weighted by molar-refractivity contribution is 0.0500. The van der Waals surface area contributed by atoms with Gasteiger partial charge in [0.1, 0.15) is 5.75 Å². The van der Waals surface area contributed by atoms with E-state index in [0.717, 1.165) is 42.6 Å². The Hall–Kier alpha value is -2.09. The van der Waals surface area contributed by atoms with Crippen molar-refractivity contribution in [2.24, 2.45) is 0 Å². The summed E-state index contributed by atoms with van der Waals surface area (Å²) in [5, 5.41) is 0. The Balaban J connectivity index is 1.70. The summed E-state index contributed by atoms with van der Waals surface area (Å²) in [7, 11) is 0. The van der Waals surface area contributed by atoms with Gasteiger partial charge in [0.15, 0.2) is 5.60 Å². The van der Waals surface area contributed by atoms with E-state index < -0.39 is 5.60 Å². The van der Waals surface area contributed by atoms with Crippen LogP contribution in [0.25, 0.3) is 0 Å². The highest BCUT2D eigenvalue weighted by Crippen LogP contribution is 2.42. The van der Waals surface area contributed by atoms with Crippen LogP contribution in [0.5, 0.6) is 5.75 Å². The van der Waals surface area contributed by atoms with Crippen molar-refractivity contribution in [3.05, 3.63) is 64.7 Å². The zero-order valence-corrected chi connectivity index (χ0v) is 12.2. The molecule has 2 heteroatoms. The van der Waals surface area contributed by atoms with E-state index in [1.165, 1.54) is 11.1 Å². The third-order valence-corrected chi connectivity index (χ3v) is 4.81. The maximum atomic E-state index is 12.9. The van der Waals surface area contributed by atoms with Crippen molar-refractivity contribution in [2.75, 3.05) is 0 Å². The van der Waals surface area contributed by atoms with Gasteiger partial charge in [0.25, 0.3) is 0 Å². The van der Waals surface area contributed by atoms with Gasteiger partial charge in [-0.05, 0) is 55.9 Å². The van der Waals surface area contributed by atoms with Gasteiger partial charge >= 0.3 is 0 Å². The Kier molecular flexibility index (Phi) is 2.68. The molecule has 0 saturated carbocycles. The SMILES string of the molecule is Cc1ccc2c(c1)C(=O)C1(CCc3ccccc3CC1)O2. The number of rotatable bonds is 0. The lowest BCUT2D eigenvalue weighted by Gasteiger charge is -2.25. The molecule has 0 N–H and O–H groups in total. The molecule has 0 unspecified atom stereocenters. The first kappa shape index (κ1) is 12.6. The third kappa shape index (κ3) is 1.90. The van der Waals surface area contributed by atoms with Crippen LogP contribution >= 0.6 is 0 Å². The van der Waals surface area contributed by atoms with Crippen molar-refractivity contribution in [3.8, 4) is 5.75 Å². The van der Waals surface area contributed by atoms with Gasteiger partial charge in [0.2, 0.25) is 5.78 Å². The van der Waals surface area contributed by atoms with Gasteiger partial charge in [0.05, 0.1) is 5.56 Å². The van der Waals surface area contributed by atoms with E-state index >= 15 is 0 Å². The molecule has 1 aliphatic carbocycles. The molecule has 2 nitrogen and oxygen atoms in total. The molecule has 0 bridgehead atoms. The van der Waals surface area contributed by atoms with Crippen molar-refractivity contribution in [1.82, 2.24) is 0 Å². The largest absolute Gasteiger partial charge is 0.478 e. The van der Waals surface area contributed by atoms with E-state index in [2.05, 4.69) is 24.3 Å². The molecule has 4 rings (SSSR count). The molecule has 0 fully saturated rings. The van der Waals surface area contributed by atoms with Gasteiger partial charge < -0.3 is 4.74 Å². The number of fused-ring (bicyclic) bond motifs is 2. The average molecular weight is 278 g/mol. The number of aryl methyl sites for hydroxylation is 3. The van der Waals surface area contributed by atoms with Crippen LogP contribution in [0.1, 0.15) is 39.9 Å². The molecule has 0 amide bonds. The molecule has 21 heavy (non-hydrogen) atoms. The average Bonchev–Trinajstić information content (AvgIpc) is 2.66. The highest BCUT2D eigenvalue weighted by molar-refractivity contribution is 6.07. The Morgan fingerprint density at radius 1 is 1.00 bits per heavy atom. The molecule has 0 atom stereocenters. The maximum absolute atomic E-state index is 12.9. The Morgan fingerprint density at radius 3 is 2.33 bits per heavy atom. The molecular formula is C19H18O2. The highest BCUT2D eigenvalue weighted by Gasteiger charge is 2.48. The summed E-state index contributed by atoms with van der Waals surface area (Å²) in [5.41, 5.74) is 3.95. The number of hydrogen-bond donors (Lipinski definition) is 0. The van der Waals surface area contributed by atoms with Gasteiger partial charge in [-0.1, -0.05) is 35.9 Å². The summed E-state index contributed by atoms with van der Waals surface area (Å²) in [6, 6.07) is 14.4. The summed E-state index contributed by atoms with van der Waals surface area (Å²) in [4.78, 5) is 12.9. The van der Waals surface area contributed by atoms with Gasteiger partial charge in [-0.15, -0.1) is 0 Å². The van der Waals surface area contributed by atoms with Gasteiger partial charge in [-0.2, -0.15) is 0 Å². The second-order valence-corrected chi connectivity index (χ2v) is 6.19. The van der Waals surface area contributed by atoms with Gasteiger partial charge in [0, 0.05) is 0 Å². The van der Waals surface area contributed by atoms with Crippen molar-refractivity contribution in [2.45, 2.75) is 38.2 Å². The number of benzene rings is 2. The molecule has 0 aromatic heterocycles. The maximum Gasteiger partial charge on any atom is 0.210 e. The highest BCUT2D eigenvalue weighted by atomic mass is 16.5. The fraction of sp³-hybridized carbons (Fsp3) is 0.316. The van der Waals surface area contributed by atoms with Crippen molar-refractivity contribution in [3.63, 3.8) is 0 Å². The topological polar surface area (TPSA) is 26.3 Å². The Labute approximate surface area is 124 Å². The first-order valence-electron chi connectivity index (χ1n) is 7.59. The fourth-order valence-electron chi connectivity index (χ4n) is 3.59. The van der Waals surface area contributed by atoms with Crippen LogP contribution in [0.4, 0.5) is 0 Å². The zero-order valence-electron chi connectivity index (χ0n) is 12.2. The predicted octanol–water partition coefficient (Wildman–Crippen LogP) is 3.89. The summed E-state index contributed by atoms with van der Waals surface area (Å²) in [5.74, 6) is 0.936. The second-order valence-electron chi connectivity index (χ2n) is 6.19. The first-order chi connectivity index (χ1) is 10.2. The van der Waals surface area contributed by atoms with E-state index in [1.807, 2.05) is 25.1 Å². The number of carbonyl (C=O) groups is 1. The molecular weight excluding hydrogens is 260 g/mol. The molecule has 1 heterocycles. The zero-order chi connectivity index (χ0) is 14.4. The monoisotopic (exact) mass is 278 g/mol. The smallest absolute Gasteiger partial charge is 0.210 e. The standard InChI is InChI=1S/C19H18O2/c1-13-6-7-17-16(12-13)18(20)19(21-17)10-8-14-4-2-3-5-15(14)9-11-19/h2-7,12H,8-11H2,1H3. The van der Waals surface area contributed by atoms with Gasteiger partial charge in [-0.3, -0.25) is 4.79 Å². The summed E-state index contributed by atoms with van der Waals surface area (Å²) < 4.78 is 6.16. The molecule has 1 aliphatic heterocycles. The Morgan fingerprint density at radius 2 is 1.67 bits per heavy atom. The summed E-state index contributed by atoms with van der Waals surface area (Å²) in [6.45, 7) is 2.02. The first-order valence-corrected chi connectivity index (χ1v) is 7.59. The quantitative estimate of drug-likeness (QED) is 0.731. The van der Waals surface area contributed by atoms with E-state index in [9.17, 15) is 4.79 Å². The lowest BCUT2D eigenvalue weighted by atomic mass is 9.87. The van der Waals surface area contributed by atoms with E-state index in [0.29, 0.717) is 0 Å². The minimum atomic E-state index is -0.644. The summed E-state index contributed by atoms with van der Waals surface area (Å²) in [6.07, 6.45) is 3.37. The van der Waals surface area contributed by atoms with Crippen molar-refractivity contribution < 1.29 is 9.53 Å². The fourth-order valence-corrected chi connectivity index (χ4v) is 3.59. The number of ketones is 1. The number of hydrogen-bond acceptors (Lipinski definition) is 2. The molecule has 0 radical (unpaired) electrons. The molecule has 106 valence electrons. The lowest BCUT2D eigenvalue weighted by Crippen LogP contribution is -2.40. The normalized spacial score (nSPS) is 18.8. The number of ether oxygens (including phenoxy) is 1. The summed E-state index contributed by atoms with van der Waals surface area (Å²) >= 11 is 0. The second kappa shape index (κ2) is 4.45. The van der Waals surface area contributed by atoms with Crippen LogP contribution in [0.2, 0.25) is 0 Å². The van der Waals surface area contributed by atoms with Crippen LogP contribution in [-0.4, -0.2) is 11.4 Å². The van der Waals surface area contributed by atoms with Crippen LogP contribution in [0.15, 0.2) is 42.5 Å². The predicted molar refractivity (Wildman–Crippen MR) is 82.0 cm³/mol. The number of Topliss-reactive ketones (excluding diaryl/α,β-unsaturated/α-hetero) is 1. The minimum absolute atomic E-state index is 0.175. The molecule has 0 saturated heterocycles. The molecule has 1 spiro atoms. The van der Waals surface area contributed by atoms with E-state index in [-0.39, 0.29) is 5.78 Å². The van der Waals surface area contributed by atoms with Crippen molar-refractivity contribution in [1.29, 1.82) is 0 Å². The molecule has 2 aromatic rings.